The van der Waals surface area contributed by atoms with Crippen LogP contribution in [0.25, 0.3) is 0 Å². The van der Waals surface area contributed by atoms with Crippen molar-refractivity contribution >= 4 is 34.0 Å². The molecule has 2 saturated heterocycles. The molecule has 0 aliphatic carbocycles. The van der Waals surface area contributed by atoms with E-state index < -0.39 is 5.97 Å². The Hall–Kier alpha value is -0.850. The van der Waals surface area contributed by atoms with Gasteiger partial charge in [0.15, 0.2) is 15.2 Å². The molecule has 3 heterocycles. The van der Waals surface area contributed by atoms with E-state index in [-0.39, 0.29) is 10.0 Å². The predicted octanol–water partition coefficient (Wildman–Crippen LogP) is 2.17. The molecule has 2 fully saturated rings. The van der Waals surface area contributed by atoms with Gasteiger partial charge < -0.3 is 10.0 Å². The summed E-state index contributed by atoms with van der Waals surface area (Å²) in [5, 5.41) is 9.90. The number of halogens is 1. The Bertz CT molecular complexity index is 507. The number of piperazine rings is 1. The Kier molecular flexibility index (Phi) is 3.41. The van der Waals surface area contributed by atoms with Gasteiger partial charge in [-0.25, -0.2) is 9.78 Å². The maximum Gasteiger partial charge on any atom is 0.349 e. The number of anilines is 1. The first-order valence-electron chi connectivity index (χ1n) is 6.46. The number of carboxylic acids is 1. The van der Waals surface area contributed by atoms with Crippen LogP contribution in [0.5, 0.6) is 0 Å². The first kappa shape index (κ1) is 13.1. The van der Waals surface area contributed by atoms with Crippen LogP contribution in [0.1, 0.15) is 29.4 Å². The predicted molar refractivity (Wildman–Crippen MR) is 75.5 cm³/mol. The third kappa shape index (κ3) is 2.32. The monoisotopic (exact) mass is 301 g/mol. The van der Waals surface area contributed by atoms with E-state index in [2.05, 4.69) is 21.7 Å². The van der Waals surface area contributed by atoms with Crippen LogP contribution < -0.4 is 4.90 Å². The summed E-state index contributed by atoms with van der Waals surface area (Å²) in [6.45, 7) is 5.28. The fraction of sp³-hybridized carbons (Fsp3) is 0.667. The van der Waals surface area contributed by atoms with E-state index in [1.54, 1.807) is 0 Å². The lowest BCUT2D eigenvalue weighted by Gasteiger charge is -2.42. The number of carboxylic acid groups (broad SMARTS) is 1. The summed E-state index contributed by atoms with van der Waals surface area (Å²) in [5.41, 5.74) is 0. The second-order valence-electron chi connectivity index (χ2n) is 5.21. The topological polar surface area (TPSA) is 56.7 Å². The summed E-state index contributed by atoms with van der Waals surface area (Å²) in [5.74, 6) is -0.999. The summed E-state index contributed by atoms with van der Waals surface area (Å²) in [4.78, 5) is 20.1. The van der Waals surface area contributed by atoms with Gasteiger partial charge in [-0.05, 0) is 26.3 Å². The molecular formula is C12H16ClN3O2S. The highest BCUT2D eigenvalue weighted by molar-refractivity contribution is 7.18. The number of aromatic nitrogens is 1. The van der Waals surface area contributed by atoms with Crippen LogP contribution in [-0.4, -0.2) is 52.7 Å². The molecule has 0 radical (unpaired) electrons. The Balaban J connectivity index is 1.85. The number of carbonyl (C=O) groups is 1. The summed E-state index contributed by atoms with van der Waals surface area (Å²) in [6.07, 6.45) is 2.47. The summed E-state index contributed by atoms with van der Waals surface area (Å²) in [6, 6.07) is 0.922. The summed E-state index contributed by atoms with van der Waals surface area (Å²) < 4.78 is 0. The quantitative estimate of drug-likeness (QED) is 0.907. The van der Waals surface area contributed by atoms with Gasteiger partial charge in [-0.3, -0.25) is 4.90 Å². The molecule has 2 unspecified atom stereocenters. The number of hydrogen-bond donors (Lipinski definition) is 1. The van der Waals surface area contributed by atoms with E-state index in [4.69, 9.17) is 16.7 Å². The lowest BCUT2D eigenvalue weighted by Crippen LogP contribution is -2.55. The van der Waals surface area contributed by atoms with Crippen LogP contribution in [-0.2, 0) is 0 Å². The van der Waals surface area contributed by atoms with E-state index in [9.17, 15) is 4.79 Å². The summed E-state index contributed by atoms with van der Waals surface area (Å²) >= 11 is 7.08. The lowest BCUT2D eigenvalue weighted by atomic mass is 10.1. The van der Waals surface area contributed by atoms with Crippen LogP contribution in [0.15, 0.2) is 0 Å². The number of aromatic carboxylic acids is 1. The molecule has 0 aromatic carbocycles. The molecule has 0 bridgehead atoms. The SMILES string of the molecule is CC1CN2CCCC2CN1c1nc(Cl)c(C(=O)O)s1. The minimum Gasteiger partial charge on any atom is -0.477 e. The van der Waals surface area contributed by atoms with Crippen molar-refractivity contribution in [3.63, 3.8) is 0 Å². The average Bonchev–Trinajstić information content (AvgIpc) is 2.93. The molecule has 19 heavy (non-hydrogen) atoms. The number of hydrogen-bond acceptors (Lipinski definition) is 5. The number of fused-ring (bicyclic) bond motifs is 1. The second kappa shape index (κ2) is 4.92. The van der Waals surface area contributed by atoms with Gasteiger partial charge in [-0.1, -0.05) is 22.9 Å². The van der Waals surface area contributed by atoms with E-state index in [1.807, 2.05) is 0 Å². The van der Waals surface area contributed by atoms with Gasteiger partial charge in [-0.2, -0.15) is 0 Å². The molecule has 2 atom stereocenters. The molecule has 2 aliphatic heterocycles. The van der Waals surface area contributed by atoms with Crippen LogP contribution >= 0.6 is 22.9 Å². The zero-order valence-corrected chi connectivity index (χ0v) is 12.2. The minimum atomic E-state index is -0.999. The Morgan fingerprint density at radius 3 is 3.00 bits per heavy atom. The molecule has 2 aliphatic rings. The van der Waals surface area contributed by atoms with Crippen molar-refractivity contribution in [2.45, 2.75) is 31.8 Å². The van der Waals surface area contributed by atoms with Gasteiger partial charge in [0.2, 0.25) is 0 Å². The molecule has 104 valence electrons. The van der Waals surface area contributed by atoms with Crippen molar-refractivity contribution in [1.29, 1.82) is 0 Å². The Labute approximate surface area is 120 Å². The van der Waals surface area contributed by atoms with Crippen molar-refractivity contribution in [2.24, 2.45) is 0 Å². The van der Waals surface area contributed by atoms with Crippen LogP contribution in [0.2, 0.25) is 5.15 Å². The fourth-order valence-corrected chi connectivity index (χ4v) is 4.23. The van der Waals surface area contributed by atoms with Crippen molar-refractivity contribution in [3.8, 4) is 0 Å². The lowest BCUT2D eigenvalue weighted by molar-refractivity contribution is 0.0702. The fourth-order valence-electron chi connectivity index (χ4n) is 3.00. The zero-order valence-electron chi connectivity index (χ0n) is 10.7. The van der Waals surface area contributed by atoms with Crippen molar-refractivity contribution in [1.82, 2.24) is 9.88 Å². The molecule has 1 aromatic rings. The van der Waals surface area contributed by atoms with E-state index in [0.29, 0.717) is 12.1 Å². The third-order valence-corrected chi connectivity index (χ3v) is 5.42. The highest BCUT2D eigenvalue weighted by Gasteiger charge is 2.36. The number of rotatable bonds is 2. The van der Waals surface area contributed by atoms with Gasteiger partial charge in [0.1, 0.15) is 0 Å². The van der Waals surface area contributed by atoms with Crippen molar-refractivity contribution in [2.75, 3.05) is 24.5 Å². The molecular weight excluding hydrogens is 286 g/mol. The molecule has 5 nitrogen and oxygen atoms in total. The first-order valence-corrected chi connectivity index (χ1v) is 7.66. The van der Waals surface area contributed by atoms with Crippen LogP contribution in [0.4, 0.5) is 5.13 Å². The zero-order chi connectivity index (χ0) is 13.6. The average molecular weight is 302 g/mol. The standard InChI is InChI=1S/C12H16ClN3O2S/c1-7-5-15-4-2-3-8(15)6-16(7)12-14-10(13)9(19-12)11(17)18/h7-8H,2-6H2,1H3,(H,17,18). The number of thiazole rings is 1. The van der Waals surface area contributed by atoms with Gasteiger partial charge in [-0.15, -0.1) is 0 Å². The Morgan fingerprint density at radius 1 is 1.53 bits per heavy atom. The molecule has 1 aromatic heterocycles. The smallest absolute Gasteiger partial charge is 0.349 e. The molecule has 7 heteroatoms. The van der Waals surface area contributed by atoms with Crippen LogP contribution in [0, 0.1) is 0 Å². The van der Waals surface area contributed by atoms with Crippen molar-refractivity contribution < 1.29 is 9.90 Å². The third-order valence-electron chi connectivity index (χ3n) is 3.95. The highest BCUT2D eigenvalue weighted by atomic mass is 35.5. The molecule has 1 N–H and O–H groups in total. The largest absolute Gasteiger partial charge is 0.477 e. The second-order valence-corrected chi connectivity index (χ2v) is 6.55. The maximum absolute atomic E-state index is 11.0. The van der Waals surface area contributed by atoms with E-state index in [1.165, 1.54) is 30.7 Å². The minimum absolute atomic E-state index is 0.105. The van der Waals surface area contributed by atoms with E-state index in [0.717, 1.165) is 18.2 Å². The van der Waals surface area contributed by atoms with Gasteiger partial charge in [0, 0.05) is 25.2 Å². The first-order chi connectivity index (χ1) is 9.06. The van der Waals surface area contributed by atoms with Crippen LogP contribution in [0.3, 0.4) is 0 Å². The summed E-state index contributed by atoms with van der Waals surface area (Å²) in [7, 11) is 0. The molecule has 0 amide bonds. The van der Waals surface area contributed by atoms with Gasteiger partial charge in [0.25, 0.3) is 0 Å². The van der Waals surface area contributed by atoms with Gasteiger partial charge in [0.05, 0.1) is 0 Å². The maximum atomic E-state index is 11.0. The highest BCUT2D eigenvalue weighted by Crippen LogP contribution is 2.34. The molecule has 0 spiro atoms. The van der Waals surface area contributed by atoms with Crippen molar-refractivity contribution in [3.05, 3.63) is 10.0 Å². The molecule has 0 saturated carbocycles. The normalized spacial score (nSPS) is 27.6. The van der Waals surface area contributed by atoms with E-state index >= 15 is 0 Å². The number of nitrogens with zero attached hydrogens (tertiary/aromatic N) is 3. The molecule has 3 rings (SSSR count). The van der Waals surface area contributed by atoms with Gasteiger partial charge >= 0.3 is 5.97 Å². The Morgan fingerprint density at radius 2 is 2.32 bits per heavy atom.